The second kappa shape index (κ2) is 5.05. The van der Waals surface area contributed by atoms with Crippen LogP contribution in [0.5, 0.6) is 5.75 Å². The minimum Gasteiger partial charge on any atom is -0.496 e. The maximum atomic E-state index is 13.4. The Hall–Kier alpha value is -1.09. The number of ether oxygens (including phenoxy) is 1. The average Bonchev–Trinajstić information content (AvgIpc) is 2.55. The first-order valence-corrected chi connectivity index (χ1v) is 6.29. The molecule has 1 fully saturated rings. The van der Waals surface area contributed by atoms with Crippen LogP contribution in [0.25, 0.3) is 0 Å². The van der Waals surface area contributed by atoms with E-state index < -0.39 is 5.54 Å². The first-order valence-electron chi connectivity index (χ1n) is 6.29. The van der Waals surface area contributed by atoms with Gasteiger partial charge in [0.05, 0.1) is 7.11 Å². The summed E-state index contributed by atoms with van der Waals surface area (Å²) in [5, 5.41) is 0. The summed E-state index contributed by atoms with van der Waals surface area (Å²) in [6, 6.07) is 4.62. The zero-order valence-corrected chi connectivity index (χ0v) is 10.3. The van der Waals surface area contributed by atoms with Crippen LogP contribution in [0.1, 0.15) is 44.1 Å². The van der Waals surface area contributed by atoms with Crippen molar-refractivity contribution in [1.29, 1.82) is 0 Å². The summed E-state index contributed by atoms with van der Waals surface area (Å²) in [5.41, 5.74) is 6.87. The van der Waals surface area contributed by atoms with Crippen LogP contribution in [0, 0.1) is 5.82 Å². The van der Waals surface area contributed by atoms with Gasteiger partial charge < -0.3 is 10.5 Å². The molecule has 2 rings (SSSR count). The summed E-state index contributed by atoms with van der Waals surface area (Å²) >= 11 is 0. The summed E-state index contributed by atoms with van der Waals surface area (Å²) in [7, 11) is 1.61. The third kappa shape index (κ3) is 2.60. The fourth-order valence-corrected chi connectivity index (χ4v) is 2.70. The molecule has 0 atom stereocenters. The minimum absolute atomic E-state index is 0.241. The van der Waals surface area contributed by atoms with Crippen LogP contribution in [0.4, 0.5) is 4.39 Å². The van der Waals surface area contributed by atoms with Gasteiger partial charge in [-0.1, -0.05) is 25.7 Å². The summed E-state index contributed by atoms with van der Waals surface area (Å²) in [5.74, 6) is 0.464. The van der Waals surface area contributed by atoms with E-state index in [1.165, 1.54) is 25.0 Å². The van der Waals surface area contributed by atoms with E-state index in [-0.39, 0.29) is 5.82 Å². The van der Waals surface area contributed by atoms with Crippen LogP contribution in [-0.2, 0) is 5.54 Å². The van der Waals surface area contributed by atoms with Gasteiger partial charge in [-0.3, -0.25) is 0 Å². The molecule has 0 bridgehead atoms. The van der Waals surface area contributed by atoms with E-state index in [1.807, 2.05) is 0 Å². The highest BCUT2D eigenvalue weighted by atomic mass is 19.1. The molecular weight excluding hydrogens is 217 g/mol. The van der Waals surface area contributed by atoms with E-state index in [1.54, 1.807) is 13.2 Å². The Morgan fingerprint density at radius 2 is 1.82 bits per heavy atom. The number of methoxy groups -OCH3 is 1. The summed E-state index contributed by atoms with van der Waals surface area (Å²) in [4.78, 5) is 0. The monoisotopic (exact) mass is 237 g/mol. The molecule has 1 aromatic rings. The maximum absolute atomic E-state index is 13.4. The number of hydrogen-bond acceptors (Lipinski definition) is 2. The molecule has 0 radical (unpaired) electrons. The molecule has 0 heterocycles. The van der Waals surface area contributed by atoms with Crippen LogP contribution in [0.15, 0.2) is 18.2 Å². The lowest BCUT2D eigenvalue weighted by molar-refractivity contribution is 0.346. The van der Waals surface area contributed by atoms with E-state index in [2.05, 4.69) is 0 Å². The number of halogens is 1. The lowest BCUT2D eigenvalue weighted by Gasteiger charge is -2.30. The van der Waals surface area contributed by atoms with Crippen molar-refractivity contribution < 1.29 is 9.13 Å². The van der Waals surface area contributed by atoms with Gasteiger partial charge in [-0.05, 0) is 31.0 Å². The van der Waals surface area contributed by atoms with Crippen molar-refractivity contribution >= 4 is 0 Å². The molecule has 0 unspecified atom stereocenters. The van der Waals surface area contributed by atoms with Gasteiger partial charge in [-0.15, -0.1) is 0 Å². The molecular formula is C14H20FNO. The van der Waals surface area contributed by atoms with Crippen molar-refractivity contribution in [3.63, 3.8) is 0 Å². The molecule has 17 heavy (non-hydrogen) atoms. The van der Waals surface area contributed by atoms with Crippen LogP contribution >= 0.6 is 0 Å². The van der Waals surface area contributed by atoms with E-state index in [0.29, 0.717) is 5.75 Å². The number of hydrogen-bond donors (Lipinski definition) is 1. The second-order valence-electron chi connectivity index (χ2n) is 4.91. The highest BCUT2D eigenvalue weighted by molar-refractivity contribution is 5.39. The lowest BCUT2D eigenvalue weighted by Crippen LogP contribution is -2.36. The van der Waals surface area contributed by atoms with Gasteiger partial charge in [-0.25, -0.2) is 4.39 Å². The van der Waals surface area contributed by atoms with Crippen LogP contribution in [-0.4, -0.2) is 7.11 Å². The fraction of sp³-hybridized carbons (Fsp3) is 0.571. The third-order valence-electron chi connectivity index (χ3n) is 3.69. The summed E-state index contributed by atoms with van der Waals surface area (Å²) in [6.07, 6.45) is 6.47. The van der Waals surface area contributed by atoms with Crippen molar-refractivity contribution in [1.82, 2.24) is 0 Å². The normalized spacial score (nSPS) is 19.7. The Balaban J connectivity index is 2.38. The quantitative estimate of drug-likeness (QED) is 0.801. The lowest BCUT2D eigenvalue weighted by atomic mass is 9.83. The molecule has 0 amide bonds. The van der Waals surface area contributed by atoms with Crippen LogP contribution < -0.4 is 10.5 Å². The van der Waals surface area contributed by atoms with Gasteiger partial charge in [0.25, 0.3) is 0 Å². The first kappa shape index (κ1) is 12.4. The second-order valence-corrected chi connectivity index (χ2v) is 4.91. The van der Waals surface area contributed by atoms with Crippen molar-refractivity contribution in [3.8, 4) is 5.75 Å². The van der Waals surface area contributed by atoms with Gasteiger partial charge in [0.15, 0.2) is 0 Å². The Bertz CT molecular complexity index is 384. The molecule has 1 aromatic carbocycles. The van der Waals surface area contributed by atoms with Crippen molar-refractivity contribution in [2.24, 2.45) is 5.73 Å². The Kier molecular flexibility index (Phi) is 3.67. The molecule has 0 aromatic heterocycles. The molecule has 0 saturated heterocycles. The van der Waals surface area contributed by atoms with Crippen molar-refractivity contribution in [2.75, 3.05) is 7.11 Å². The van der Waals surface area contributed by atoms with Gasteiger partial charge in [0, 0.05) is 11.1 Å². The highest BCUT2D eigenvalue weighted by Gasteiger charge is 2.31. The molecule has 1 aliphatic carbocycles. The molecule has 0 spiro atoms. The maximum Gasteiger partial charge on any atom is 0.124 e. The SMILES string of the molecule is COc1ccc(F)cc1C1(N)CCCCCC1. The third-order valence-corrected chi connectivity index (χ3v) is 3.69. The minimum atomic E-state index is -0.427. The fourth-order valence-electron chi connectivity index (χ4n) is 2.70. The molecule has 2 nitrogen and oxygen atoms in total. The van der Waals surface area contributed by atoms with Crippen molar-refractivity contribution in [3.05, 3.63) is 29.6 Å². The molecule has 3 heteroatoms. The van der Waals surface area contributed by atoms with Gasteiger partial charge in [0.1, 0.15) is 11.6 Å². The predicted octanol–water partition coefficient (Wildman–Crippen LogP) is 3.34. The summed E-state index contributed by atoms with van der Waals surface area (Å²) < 4.78 is 18.7. The zero-order valence-electron chi connectivity index (χ0n) is 10.3. The largest absolute Gasteiger partial charge is 0.496 e. The van der Waals surface area contributed by atoms with E-state index in [9.17, 15) is 4.39 Å². The topological polar surface area (TPSA) is 35.2 Å². The van der Waals surface area contributed by atoms with Crippen molar-refractivity contribution in [2.45, 2.75) is 44.1 Å². The number of benzene rings is 1. The molecule has 1 saturated carbocycles. The Labute approximate surface area is 102 Å². The first-order chi connectivity index (χ1) is 8.15. The smallest absolute Gasteiger partial charge is 0.124 e. The van der Waals surface area contributed by atoms with Crippen LogP contribution in [0.2, 0.25) is 0 Å². The number of rotatable bonds is 2. The van der Waals surface area contributed by atoms with Gasteiger partial charge in [0.2, 0.25) is 0 Å². The van der Waals surface area contributed by atoms with E-state index >= 15 is 0 Å². The van der Waals surface area contributed by atoms with Crippen LogP contribution in [0.3, 0.4) is 0 Å². The highest BCUT2D eigenvalue weighted by Crippen LogP contribution is 2.38. The molecule has 2 N–H and O–H groups in total. The summed E-state index contributed by atoms with van der Waals surface area (Å²) in [6.45, 7) is 0. The van der Waals surface area contributed by atoms with E-state index in [4.69, 9.17) is 10.5 Å². The number of nitrogens with two attached hydrogens (primary N) is 1. The van der Waals surface area contributed by atoms with Gasteiger partial charge in [-0.2, -0.15) is 0 Å². The van der Waals surface area contributed by atoms with E-state index in [0.717, 1.165) is 31.2 Å². The molecule has 94 valence electrons. The Morgan fingerprint density at radius 3 is 2.41 bits per heavy atom. The average molecular weight is 237 g/mol. The molecule has 1 aliphatic rings. The van der Waals surface area contributed by atoms with Gasteiger partial charge >= 0.3 is 0 Å². The molecule has 0 aliphatic heterocycles. The Morgan fingerprint density at radius 1 is 1.18 bits per heavy atom. The standard InChI is InChI=1S/C14H20FNO/c1-17-13-7-6-11(15)10-12(13)14(16)8-4-2-3-5-9-14/h6-7,10H,2-5,8-9,16H2,1H3. The zero-order chi connectivity index (χ0) is 12.3. The predicted molar refractivity (Wildman–Crippen MR) is 66.5 cm³/mol.